The minimum absolute atomic E-state index is 0.0142. The Morgan fingerprint density at radius 3 is 2.60 bits per heavy atom. The van der Waals surface area contributed by atoms with E-state index in [9.17, 15) is 4.79 Å². The fourth-order valence-corrected chi connectivity index (χ4v) is 3.42. The summed E-state index contributed by atoms with van der Waals surface area (Å²) < 4.78 is 6.45. The van der Waals surface area contributed by atoms with Gasteiger partial charge in [-0.3, -0.25) is 0 Å². The van der Waals surface area contributed by atoms with Crippen molar-refractivity contribution in [3.63, 3.8) is 0 Å². The van der Waals surface area contributed by atoms with E-state index >= 15 is 0 Å². The molecular formula is C19H22BrN3O2. The van der Waals surface area contributed by atoms with E-state index in [1.54, 1.807) is 7.11 Å². The van der Waals surface area contributed by atoms with E-state index in [1.807, 2.05) is 47.4 Å². The van der Waals surface area contributed by atoms with Crippen molar-refractivity contribution in [1.82, 2.24) is 10.2 Å². The summed E-state index contributed by atoms with van der Waals surface area (Å²) in [5.74, 6) is 0.870. The largest absolute Gasteiger partial charge is 0.495 e. The summed E-state index contributed by atoms with van der Waals surface area (Å²) in [4.78, 5) is 16.5. The van der Waals surface area contributed by atoms with Crippen LogP contribution in [0.2, 0.25) is 0 Å². The van der Waals surface area contributed by atoms with E-state index in [2.05, 4.69) is 32.2 Å². The molecule has 2 aromatic carbocycles. The molecule has 0 atom stereocenters. The lowest BCUT2D eigenvalue weighted by molar-refractivity contribution is 0.194. The van der Waals surface area contributed by atoms with Crippen LogP contribution < -0.4 is 15.0 Å². The van der Waals surface area contributed by atoms with Gasteiger partial charge in [0.25, 0.3) is 0 Å². The van der Waals surface area contributed by atoms with Gasteiger partial charge in [0.05, 0.1) is 12.8 Å². The lowest BCUT2D eigenvalue weighted by atomic mass is 10.2. The monoisotopic (exact) mass is 403 g/mol. The average molecular weight is 404 g/mol. The molecule has 1 fully saturated rings. The molecule has 0 unspecified atom stereocenters. The number of rotatable bonds is 4. The molecule has 0 aliphatic carbocycles. The molecule has 0 saturated carbocycles. The van der Waals surface area contributed by atoms with Gasteiger partial charge in [0, 0.05) is 37.2 Å². The Morgan fingerprint density at radius 1 is 1.12 bits per heavy atom. The number of urea groups is 1. The molecule has 132 valence electrons. The van der Waals surface area contributed by atoms with E-state index in [-0.39, 0.29) is 6.03 Å². The summed E-state index contributed by atoms with van der Waals surface area (Å²) in [5.41, 5.74) is 2.16. The van der Waals surface area contributed by atoms with Gasteiger partial charge in [-0.25, -0.2) is 4.79 Å². The zero-order valence-corrected chi connectivity index (χ0v) is 15.8. The first-order valence-corrected chi connectivity index (χ1v) is 9.12. The Hall–Kier alpha value is -2.21. The first kappa shape index (κ1) is 17.6. The van der Waals surface area contributed by atoms with Crippen LogP contribution in [0.3, 0.4) is 0 Å². The summed E-state index contributed by atoms with van der Waals surface area (Å²) in [6.07, 6.45) is 0. The van der Waals surface area contributed by atoms with Crippen LogP contribution in [-0.2, 0) is 6.54 Å². The van der Waals surface area contributed by atoms with Crippen molar-refractivity contribution in [3.05, 3.63) is 58.6 Å². The normalized spacial score (nSPS) is 14.3. The molecule has 2 aromatic rings. The standard InChI is InChI=1S/C19H22BrN3O2/c1-25-18-8-3-2-7-17(18)22-9-11-23(12-10-22)19(24)21-14-15-5-4-6-16(20)13-15/h2-8,13H,9-12,14H2,1H3,(H,21,24). The third-order valence-electron chi connectivity index (χ3n) is 4.33. The smallest absolute Gasteiger partial charge is 0.317 e. The van der Waals surface area contributed by atoms with Crippen molar-refractivity contribution in [2.24, 2.45) is 0 Å². The van der Waals surface area contributed by atoms with Crippen LogP contribution in [0.4, 0.5) is 10.5 Å². The van der Waals surface area contributed by atoms with Crippen LogP contribution in [0, 0.1) is 0 Å². The predicted molar refractivity (Wildman–Crippen MR) is 103 cm³/mol. The number of carbonyl (C=O) groups excluding carboxylic acids is 1. The summed E-state index contributed by atoms with van der Waals surface area (Å²) >= 11 is 3.45. The highest BCUT2D eigenvalue weighted by molar-refractivity contribution is 9.10. The minimum Gasteiger partial charge on any atom is -0.495 e. The summed E-state index contributed by atoms with van der Waals surface area (Å²) in [7, 11) is 1.68. The first-order chi connectivity index (χ1) is 12.2. The molecular weight excluding hydrogens is 382 g/mol. The van der Waals surface area contributed by atoms with Gasteiger partial charge in [-0.05, 0) is 29.8 Å². The van der Waals surface area contributed by atoms with Crippen LogP contribution in [-0.4, -0.2) is 44.2 Å². The Kier molecular flexibility index (Phi) is 5.81. The molecule has 5 nitrogen and oxygen atoms in total. The number of halogens is 1. The Bertz CT molecular complexity index is 730. The quantitative estimate of drug-likeness (QED) is 0.849. The lowest BCUT2D eigenvalue weighted by Gasteiger charge is -2.36. The predicted octanol–water partition coefficient (Wildman–Crippen LogP) is 3.49. The van der Waals surface area contributed by atoms with Crippen LogP contribution in [0.5, 0.6) is 5.75 Å². The summed E-state index contributed by atoms with van der Waals surface area (Å²) in [6, 6.07) is 15.9. The molecule has 1 N–H and O–H groups in total. The second-order valence-corrected chi connectivity index (χ2v) is 6.85. The van der Waals surface area contributed by atoms with Crippen molar-refractivity contribution in [2.45, 2.75) is 6.54 Å². The second-order valence-electron chi connectivity index (χ2n) is 5.93. The van der Waals surface area contributed by atoms with Crippen molar-refractivity contribution in [3.8, 4) is 5.75 Å². The molecule has 1 aliphatic rings. The molecule has 0 bridgehead atoms. The number of piperazine rings is 1. The van der Waals surface area contributed by atoms with Crippen LogP contribution in [0.1, 0.15) is 5.56 Å². The van der Waals surface area contributed by atoms with Crippen molar-refractivity contribution >= 4 is 27.6 Å². The van der Waals surface area contributed by atoms with Crippen molar-refractivity contribution < 1.29 is 9.53 Å². The number of methoxy groups -OCH3 is 1. The minimum atomic E-state index is -0.0142. The van der Waals surface area contributed by atoms with Gasteiger partial charge in [0.1, 0.15) is 5.75 Å². The SMILES string of the molecule is COc1ccccc1N1CCN(C(=O)NCc2cccc(Br)c2)CC1. The Labute approximate surface area is 156 Å². The van der Waals surface area contributed by atoms with Crippen LogP contribution in [0.15, 0.2) is 53.0 Å². The lowest BCUT2D eigenvalue weighted by Crippen LogP contribution is -2.51. The first-order valence-electron chi connectivity index (χ1n) is 8.32. The van der Waals surface area contributed by atoms with E-state index in [4.69, 9.17) is 4.74 Å². The van der Waals surface area contributed by atoms with E-state index in [0.717, 1.165) is 34.6 Å². The Balaban J connectivity index is 1.52. The van der Waals surface area contributed by atoms with Crippen LogP contribution >= 0.6 is 15.9 Å². The van der Waals surface area contributed by atoms with Crippen LogP contribution in [0.25, 0.3) is 0 Å². The third-order valence-corrected chi connectivity index (χ3v) is 4.82. The Morgan fingerprint density at radius 2 is 1.88 bits per heavy atom. The van der Waals surface area contributed by atoms with Gasteiger partial charge in [-0.1, -0.05) is 40.2 Å². The number of carbonyl (C=O) groups is 1. The van der Waals surface area contributed by atoms with Gasteiger partial charge >= 0.3 is 6.03 Å². The zero-order valence-electron chi connectivity index (χ0n) is 14.2. The van der Waals surface area contributed by atoms with Crippen molar-refractivity contribution in [1.29, 1.82) is 0 Å². The topological polar surface area (TPSA) is 44.8 Å². The molecule has 0 radical (unpaired) electrons. The highest BCUT2D eigenvalue weighted by Gasteiger charge is 2.22. The van der Waals surface area contributed by atoms with E-state index in [0.29, 0.717) is 19.6 Å². The highest BCUT2D eigenvalue weighted by Crippen LogP contribution is 2.28. The maximum absolute atomic E-state index is 12.4. The van der Waals surface area contributed by atoms with Gasteiger partial charge < -0.3 is 19.9 Å². The summed E-state index contributed by atoms with van der Waals surface area (Å²) in [5, 5.41) is 3.00. The molecule has 1 heterocycles. The number of hydrogen-bond donors (Lipinski definition) is 1. The molecule has 6 heteroatoms. The number of nitrogens with zero attached hydrogens (tertiary/aromatic N) is 2. The number of anilines is 1. The number of hydrogen-bond acceptors (Lipinski definition) is 3. The molecule has 0 spiro atoms. The number of nitrogens with one attached hydrogen (secondary N) is 1. The second kappa shape index (κ2) is 8.25. The zero-order chi connectivity index (χ0) is 17.6. The van der Waals surface area contributed by atoms with Gasteiger partial charge in [0.15, 0.2) is 0 Å². The fourth-order valence-electron chi connectivity index (χ4n) is 2.98. The third kappa shape index (κ3) is 4.45. The number of ether oxygens (including phenoxy) is 1. The number of benzene rings is 2. The molecule has 25 heavy (non-hydrogen) atoms. The van der Waals surface area contributed by atoms with E-state index in [1.165, 1.54) is 0 Å². The molecule has 1 aliphatic heterocycles. The number of para-hydroxylation sites is 2. The highest BCUT2D eigenvalue weighted by atomic mass is 79.9. The van der Waals surface area contributed by atoms with Gasteiger partial charge in [0.2, 0.25) is 0 Å². The van der Waals surface area contributed by atoms with Crippen molar-refractivity contribution in [2.75, 3.05) is 38.2 Å². The fraction of sp³-hybridized carbons (Fsp3) is 0.316. The molecule has 3 rings (SSSR count). The molecule has 1 saturated heterocycles. The number of amides is 2. The van der Waals surface area contributed by atoms with E-state index < -0.39 is 0 Å². The molecule has 0 aromatic heterocycles. The average Bonchev–Trinajstić information content (AvgIpc) is 2.66. The van der Waals surface area contributed by atoms with Gasteiger partial charge in [-0.15, -0.1) is 0 Å². The maximum Gasteiger partial charge on any atom is 0.317 e. The maximum atomic E-state index is 12.4. The van der Waals surface area contributed by atoms with Gasteiger partial charge in [-0.2, -0.15) is 0 Å². The summed E-state index contributed by atoms with van der Waals surface area (Å²) in [6.45, 7) is 3.52. The molecule has 2 amide bonds.